The predicted molar refractivity (Wildman–Crippen MR) is 137 cm³/mol. The molecule has 11 heteroatoms. The standard InChI is InChI=1S/C27H32N4O7/c1-26(2,3)38-25(33)27(4,34)23-24(32)30(14-15-36-23)21-12-13-31(29-21)19-8-11-22(28-16-19)37-17-18-6-9-20(35-5)10-7-18/h6-13,16,23,34H,14-15,17H2,1-5H3/t23-,27?/m0/s1. The number of carbonyl (C=O) groups is 2. The fourth-order valence-electron chi connectivity index (χ4n) is 3.78. The van der Waals surface area contributed by atoms with E-state index in [-0.39, 0.29) is 13.2 Å². The lowest BCUT2D eigenvalue weighted by Crippen LogP contribution is -2.61. The maximum Gasteiger partial charge on any atom is 0.341 e. The minimum Gasteiger partial charge on any atom is -0.497 e. The lowest BCUT2D eigenvalue weighted by atomic mass is 9.96. The summed E-state index contributed by atoms with van der Waals surface area (Å²) < 4.78 is 23.3. The second-order valence-electron chi connectivity index (χ2n) is 10.0. The molecule has 4 rings (SSSR count). The molecule has 1 aromatic carbocycles. The van der Waals surface area contributed by atoms with E-state index >= 15 is 0 Å². The number of pyridine rings is 1. The van der Waals surface area contributed by atoms with E-state index in [0.717, 1.165) is 11.3 Å². The number of methoxy groups -OCH3 is 1. The first-order valence-corrected chi connectivity index (χ1v) is 12.1. The highest BCUT2D eigenvalue weighted by atomic mass is 16.6. The summed E-state index contributed by atoms with van der Waals surface area (Å²) in [5, 5.41) is 15.3. The number of anilines is 1. The van der Waals surface area contributed by atoms with Gasteiger partial charge in [-0.2, -0.15) is 0 Å². The molecule has 1 N–H and O–H groups in total. The molecule has 2 aromatic heterocycles. The summed E-state index contributed by atoms with van der Waals surface area (Å²) in [6.45, 7) is 6.94. The van der Waals surface area contributed by atoms with E-state index in [1.807, 2.05) is 24.3 Å². The summed E-state index contributed by atoms with van der Waals surface area (Å²) in [5.74, 6) is 0.0575. The Labute approximate surface area is 220 Å². The van der Waals surface area contributed by atoms with Crippen molar-refractivity contribution < 1.29 is 33.6 Å². The summed E-state index contributed by atoms with van der Waals surface area (Å²) in [4.78, 5) is 31.5. The molecule has 0 bridgehead atoms. The lowest BCUT2D eigenvalue weighted by Gasteiger charge is -2.38. The van der Waals surface area contributed by atoms with Crippen LogP contribution < -0.4 is 14.4 Å². The molecule has 202 valence electrons. The van der Waals surface area contributed by atoms with Gasteiger partial charge in [-0.3, -0.25) is 9.69 Å². The number of hydrogen-bond donors (Lipinski definition) is 1. The van der Waals surface area contributed by atoms with Gasteiger partial charge in [-0.25, -0.2) is 14.5 Å². The topological polar surface area (TPSA) is 125 Å². The summed E-state index contributed by atoms with van der Waals surface area (Å²) in [5.41, 5.74) is -1.36. The third kappa shape index (κ3) is 6.12. The van der Waals surface area contributed by atoms with Crippen LogP contribution in [0.25, 0.3) is 5.69 Å². The Kier molecular flexibility index (Phi) is 7.70. The molecule has 1 aliphatic heterocycles. The molecule has 38 heavy (non-hydrogen) atoms. The summed E-state index contributed by atoms with van der Waals surface area (Å²) in [6.07, 6.45) is 1.87. The first-order chi connectivity index (χ1) is 18.0. The molecule has 2 atom stereocenters. The second-order valence-corrected chi connectivity index (χ2v) is 10.0. The number of rotatable bonds is 8. The van der Waals surface area contributed by atoms with Gasteiger partial charge in [0.05, 0.1) is 32.1 Å². The van der Waals surface area contributed by atoms with Gasteiger partial charge in [0.1, 0.15) is 18.0 Å². The predicted octanol–water partition coefficient (Wildman–Crippen LogP) is 2.68. The summed E-state index contributed by atoms with van der Waals surface area (Å²) in [6, 6.07) is 12.8. The van der Waals surface area contributed by atoms with Gasteiger partial charge in [0.15, 0.2) is 17.5 Å². The molecule has 1 fully saturated rings. The minimum atomic E-state index is -2.17. The first kappa shape index (κ1) is 27.1. The number of nitrogens with zero attached hydrogens (tertiary/aromatic N) is 4. The fourth-order valence-corrected chi connectivity index (χ4v) is 3.78. The third-order valence-electron chi connectivity index (χ3n) is 5.80. The largest absolute Gasteiger partial charge is 0.497 e. The number of ether oxygens (including phenoxy) is 4. The van der Waals surface area contributed by atoms with Crippen LogP contribution in [0.4, 0.5) is 5.82 Å². The van der Waals surface area contributed by atoms with Crippen molar-refractivity contribution in [3.8, 4) is 17.3 Å². The van der Waals surface area contributed by atoms with Crippen LogP contribution >= 0.6 is 0 Å². The lowest BCUT2D eigenvalue weighted by molar-refractivity contribution is -0.194. The van der Waals surface area contributed by atoms with E-state index in [0.29, 0.717) is 24.0 Å². The minimum absolute atomic E-state index is 0.115. The van der Waals surface area contributed by atoms with Gasteiger partial charge in [-0.05, 0) is 51.5 Å². The molecule has 1 saturated heterocycles. The molecule has 0 spiro atoms. The van der Waals surface area contributed by atoms with Gasteiger partial charge < -0.3 is 24.1 Å². The van der Waals surface area contributed by atoms with E-state index in [1.54, 1.807) is 63.2 Å². The van der Waals surface area contributed by atoms with Gasteiger partial charge in [0, 0.05) is 18.3 Å². The highest BCUT2D eigenvalue weighted by Crippen LogP contribution is 2.26. The molecule has 0 saturated carbocycles. The van der Waals surface area contributed by atoms with Gasteiger partial charge in [-0.15, -0.1) is 5.10 Å². The number of benzene rings is 1. The Hall–Kier alpha value is -3.96. The van der Waals surface area contributed by atoms with Crippen LogP contribution in [0.5, 0.6) is 11.6 Å². The summed E-state index contributed by atoms with van der Waals surface area (Å²) in [7, 11) is 1.62. The van der Waals surface area contributed by atoms with E-state index in [9.17, 15) is 14.7 Å². The van der Waals surface area contributed by atoms with Crippen molar-refractivity contribution in [1.82, 2.24) is 14.8 Å². The van der Waals surface area contributed by atoms with Gasteiger partial charge >= 0.3 is 5.97 Å². The maximum atomic E-state index is 13.2. The van der Waals surface area contributed by atoms with Gasteiger partial charge in [0.25, 0.3) is 5.91 Å². The molecular formula is C27H32N4O7. The average Bonchev–Trinajstić information content (AvgIpc) is 3.37. The number of aliphatic hydroxyl groups is 1. The van der Waals surface area contributed by atoms with Crippen LogP contribution in [0, 0.1) is 0 Å². The third-order valence-corrected chi connectivity index (χ3v) is 5.80. The molecular weight excluding hydrogens is 492 g/mol. The van der Waals surface area contributed by atoms with Crippen molar-refractivity contribution in [1.29, 1.82) is 0 Å². The average molecular weight is 525 g/mol. The normalized spacial score (nSPS) is 17.6. The SMILES string of the molecule is COc1ccc(COc2ccc(-n3ccc(N4CCO[C@H](C(C)(O)C(=O)OC(C)(C)C)C4=O)n3)cn2)cc1. The maximum absolute atomic E-state index is 13.2. The Balaban J connectivity index is 1.42. The summed E-state index contributed by atoms with van der Waals surface area (Å²) >= 11 is 0. The van der Waals surface area contributed by atoms with E-state index in [1.165, 1.54) is 11.8 Å². The van der Waals surface area contributed by atoms with Crippen LogP contribution in [-0.2, 0) is 25.7 Å². The molecule has 0 radical (unpaired) electrons. The van der Waals surface area contributed by atoms with Crippen molar-refractivity contribution in [3.63, 3.8) is 0 Å². The van der Waals surface area contributed by atoms with Crippen molar-refractivity contribution in [2.75, 3.05) is 25.2 Å². The second kappa shape index (κ2) is 10.8. The molecule has 1 aliphatic rings. The molecule has 3 heterocycles. The molecule has 1 amide bonds. The fraction of sp³-hybridized carbons (Fsp3) is 0.407. The first-order valence-electron chi connectivity index (χ1n) is 12.1. The quantitative estimate of drug-likeness (QED) is 0.443. The van der Waals surface area contributed by atoms with Crippen LogP contribution in [0.15, 0.2) is 54.9 Å². The smallest absolute Gasteiger partial charge is 0.341 e. The number of esters is 1. The molecule has 3 aromatic rings. The number of amides is 1. The zero-order valence-electron chi connectivity index (χ0n) is 22.1. The van der Waals surface area contributed by atoms with Gasteiger partial charge in [-0.1, -0.05) is 12.1 Å². The van der Waals surface area contributed by atoms with Crippen LogP contribution in [0.1, 0.15) is 33.3 Å². The van der Waals surface area contributed by atoms with Crippen LogP contribution in [0.2, 0.25) is 0 Å². The number of hydrogen-bond acceptors (Lipinski definition) is 9. The van der Waals surface area contributed by atoms with Crippen LogP contribution in [-0.4, -0.2) is 69.3 Å². The van der Waals surface area contributed by atoms with Crippen molar-refractivity contribution in [2.45, 2.75) is 51.6 Å². The molecule has 1 unspecified atom stereocenters. The van der Waals surface area contributed by atoms with Crippen molar-refractivity contribution in [3.05, 3.63) is 60.4 Å². The zero-order chi connectivity index (χ0) is 27.5. The Morgan fingerprint density at radius 1 is 1.13 bits per heavy atom. The van der Waals surface area contributed by atoms with Crippen molar-refractivity contribution >= 4 is 17.7 Å². The Morgan fingerprint density at radius 2 is 1.87 bits per heavy atom. The highest BCUT2D eigenvalue weighted by Gasteiger charge is 2.50. The molecule has 0 aliphatic carbocycles. The Bertz CT molecular complexity index is 1260. The molecule has 11 nitrogen and oxygen atoms in total. The Morgan fingerprint density at radius 3 is 2.50 bits per heavy atom. The highest BCUT2D eigenvalue weighted by molar-refractivity contribution is 6.01. The number of aromatic nitrogens is 3. The van der Waals surface area contributed by atoms with E-state index < -0.39 is 29.2 Å². The zero-order valence-corrected chi connectivity index (χ0v) is 22.1. The monoisotopic (exact) mass is 524 g/mol. The number of carbonyl (C=O) groups excluding carboxylic acids is 2. The van der Waals surface area contributed by atoms with E-state index in [4.69, 9.17) is 18.9 Å². The number of morpholine rings is 1. The van der Waals surface area contributed by atoms with E-state index in [2.05, 4.69) is 10.1 Å². The van der Waals surface area contributed by atoms with Crippen LogP contribution in [0.3, 0.4) is 0 Å². The van der Waals surface area contributed by atoms with Crippen molar-refractivity contribution in [2.24, 2.45) is 0 Å². The van der Waals surface area contributed by atoms with Gasteiger partial charge in [0.2, 0.25) is 5.88 Å².